The Kier molecular flexibility index (Phi) is 8.55. The second-order valence-electron chi connectivity index (χ2n) is 10.4. The average Bonchev–Trinajstić information content (AvgIpc) is 3.69. The monoisotopic (exact) mass is 654 g/mol. The molecule has 0 radical (unpaired) electrons. The maximum absolute atomic E-state index is 12.4. The van der Waals surface area contributed by atoms with E-state index in [9.17, 15) is 23.1 Å². The van der Waals surface area contributed by atoms with Gasteiger partial charge in [-0.25, -0.2) is 14.5 Å². The van der Waals surface area contributed by atoms with Gasteiger partial charge in [-0.2, -0.15) is 5.10 Å². The smallest absolute Gasteiger partial charge is 0.478 e. The standard InChI is InChI=1S/C34H25F3N6O3S/c1-21-4-3-5-22(2)30(21)43-29(24-10-12-26(13-11-24)32(44)45)19-47-33(43)40-39-18-23-6-8-25(9-7-23)31-38-20-42(41-31)27-14-16-28(17-15-27)46-34(35,36)37/h3-20H,1-2H3,(H,44,45)/b39-18?,40-33-. The second-order valence-corrected chi connectivity index (χ2v) is 11.2. The van der Waals surface area contributed by atoms with E-state index in [2.05, 4.69) is 25.0 Å². The molecule has 2 aromatic heterocycles. The largest absolute Gasteiger partial charge is 0.573 e. The lowest BCUT2D eigenvalue weighted by Gasteiger charge is -2.14. The Morgan fingerprint density at radius 2 is 1.57 bits per heavy atom. The van der Waals surface area contributed by atoms with E-state index < -0.39 is 12.3 Å². The van der Waals surface area contributed by atoms with Crippen LogP contribution in [0.1, 0.15) is 27.0 Å². The molecule has 0 unspecified atom stereocenters. The first-order chi connectivity index (χ1) is 22.6. The van der Waals surface area contributed by atoms with Gasteiger partial charge < -0.3 is 9.84 Å². The van der Waals surface area contributed by atoms with Crippen LogP contribution in [0.5, 0.6) is 5.75 Å². The molecule has 13 heteroatoms. The first-order valence-corrected chi connectivity index (χ1v) is 15.0. The normalized spacial score (nSPS) is 12.1. The molecule has 6 aromatic rings. The molecule has 0 amide bonds. The molecule has 1 N–H and O–H groups in total. The molecule has 6 rings (SSSR count). The predicted octanol–water partition coefficient (Wildman–Crippen LogP) is 7.60. The number of aromatic nitrogens is 4. The molecule has 236 valence electrons. The average molecular weight is 655 g/mol. The highest BCUT2D eigenvalue weighted by Gasteiger charge is 2.31. The molecule has 0 aliphatic heterocycles. The molecule has 47 heavy (non-hydrogen) atoms. The molecule has 0 saturated carbocycles. The van der Waals surface area contributed by atoms with E-state index in [1.807, 2.05) is 66.3 Å². The summed E-state index contributed by atoms with van der Waals surface area (Å²) in [6.45, 7) is 4.06. The molecule has 0 saturated heterocycles. The Morgan fingerprint density at radius 1 is 0.915 bits per heavy atom. The number of rotatable bonds is 8. The van der Waals surface area contributed by atoms with Crippen molar-refractivity contribution < 1.29 is 27.8 Å². The summed E-state index contributed by atoms with van der Waals surface area (Å²) in [7, 11) is 0. The van der Waals surface area contributed by atoms with Crippen LogP contribution in [0, 0.1) is 13.8 Å². The summed E-state index contributed by atoms with van der Waals surface area (Å²) in [5.74, 6) is -0.871. The van der Waals surface area contributed by atoms with Crippen molar-refractivity contribution in [2.75, 3.05) is 0 Å². The highest BCUT2D eigenvalue weighted by atomic mass is 32.1. The molecule has 0 atom stereocenters. The van der Waals surface area contributed by atoms with Crippen molar-refractivity contribution in [2.24, 2.45) is 10.2 Å². The zero-order chi connectivity index (χ0) is 33.1. The lowest BCUT2D eigenvalue weighted by Crippen LogP contribution is -2.17. The van der Waals surface area contributed by atoms with E-state index >= 15 is 0 Å². The first kappa shape index (κ1) is 31.2. The first-order valence-electron chi connectivity index (χ1n) is 14.1. The van der Waals surface area contributed by atoms with Crippen molar-refractivity contribution >= 4 is 23.5 Å². The van der Waals surface area contributed by atoms with Gasteiger partial charge in [0, 0.05) is 10.9 Å². The van der Waals surface area contributed by atoms with Crippen LogP contribution >= 0.6 is 11.3 Å². The van der Waals surface area contributed by atoms with Crippen molar-refractivity contribution in [3.63, 3.8) is 0 Å². The van der Waals surface area contributed by atoms with Crippen LogP contribution < -0.4 is 9.54 Å². The minimum absolute atomic E-state index is 0.209. The van der Waals surface area contributed by atoms with Gasteiger partial charge in [-0.15, -0.1) is 34.7 Å². The molecule has 0 fully saturated rings. The third-order valence-electron chi connectivity index (χ3n) is 7.14. The number of halogens is 3. The van der Waals surface area contributed by atoms with Crippen molar-refractivity contribution in [1.29, 1.82) is 0 Å². The van der Waals surface area contributed by atoms with E-state index in [0.717, 1.165) is 39.2 Å². The number of thiazole rings is 1. The van der Waals surface area contributed by atoms with Gasteiger partial charge in [0.05, 0.1) is 28.8 Å². The SMILES string of the molecule is Cc1cccc(C)c1-n1c(-c2ccc(C(=O)O)cc2)cs/c1=N\N=Cc1ccc(-c2ncn(-c3ccc(OC(F)(F)F)cc3)n2)cc1. The summed E-state index contributed by atoms with van der Waals surface area (Å²) < 4.78 is 44.8. The number of carboxylic acids is 1. The molecule has 4 aromatic carbocycles. The number of para-hydroxylation sites is 1. The summed E-state index contributed by atoms with van der Waals surface area (Å²) in [5.41, 5.74) is 7.04. The lowest BCUT2D eigenvalue weighted by molar-refractivity contribution is -0.274. The topological polar surface area (TPSA) is 107 Å². The van der Waals surface area contributed by atoms with E-state index in [0.29, 0.717) is 16.3 Å². The Hall–Kier alpha value is -5.82. The number of hydrogen-bond acceptors (Lipinski definition) is 7. The van der Waals surface area contributed by atoms with Gasteiger partial charge in [0.1, 0.15) is 12.1 Å². The molecular formula is C34H25F3N6O3S. The number of ether oxygens (including phenoxy) is 1. The summed E-state index contributed by atoms with van der Waals surface area (Å²) >= 11 is 1.42. The van der Waals surface area contributed by atoms with Gasteiger partial charge in [0.2, 0.25) is 4.80 Å². The molecule has 0 bridgehead atoms. The van der Waals surface area contributed by atoms with Crippen molar-refractivity contribution in [1.82, 2.24) is 19.3 Å². The van der Waals surface area contributed by atoms with E-state index in [1.54, 1.807) is 30.5 Å². The lowest BCUT2D eigenvalue weighted by atomic mass is 10.1. The number of benzene rings is 4. The van der Waals surface area contributed by atoms with Crippen LogP contribution in [0.3, 0.4) is 0 Å². The highest BCUT2D eigenvalue weighted by Crippen LogP contribution is 2.28. The molecular weight excluding hydrogens is 629 g/mol. The third-order valence-corrected chi connectivity index (χ3v) is 7.96. The van der Waals surface area contributed by atoms with Crippen LogP contribution in [-0.4, -0.2) is 43.0 Å². The molecule has 0 aliphatic carbocycles. The summed E-state index contributed by atoms with van der Waals surface area (Å²) in [4.78, 5) is 16.3. The minimum atomic E-state index is -4.76. The van der Waals surface area contributed by atoms with Gasteiger partial charge in [-0.05, 0) is 72.5 Å². The quantitative estimate of drug-likeness (QED) is 0.134. The van der Waals surface area contributed by atoms with Gasteiger partial charge in [0.15, 0.2) is 5.82 Å². The highest BCUT2D eigenvalue weighted by molar-refractivity contribution is 7.07. The second kappa shape index (κ2) is 12.9. The Balaban J connectivity index is 1.24. The van der Waals surface area contributed by atoms with Crippen LogP contribution in [0.25, 0.3) is 34.0 Å². The molecule has 9 nitrogen and oxygen atoms in total. The van der Waals surface area contributed by atoms with Gasteiger partial charge in [-0.1, -0.05) is 54.6 Å². The van der Waals surface area contributed by atoms with E-state index in [4.69, 9.17) is 0 Å². The predicted molar refractivity (Wildman–Crippen MR) is 172 cm³/mol. The minimum Gasteiger partial charge on any atom is -0.478 e. The van der Waals surface area contributed by atoms with Crippen LogP contribution in [0.4, 0.5) is 13.2 Å². The maximum atomic E-state index is 12.4. The summed E-state index contributed by atoms with van der Waals surface area (Å²) in [5, 5.41) is 24.7. The number of aromatic carboxylic acids is 1. The fourth-order valence-electron chi connectivity index (χ4n) is 4.92. The van der Waals surface area contributed by atoms with Crippen molar-refractivity contribution in [3.8, 4) is 39.8 Å². The van der Waals surface area contributed by atoms with Gasteiger partial charge in [-0.3, -0.25) is 4.57 Å². The summed E-state index contributed by atoms with van der Waals surface area (Å²) in [6, 6.07) is 25.5. The zero-order valence-electron chi connectivity index (χ0n) is 24.9. The van der Waals surface area contributed by atoms with Gasteiger partial charge >= 0.3 is 12.3 Å². The fraction of sp³-hybridized carbons (Fsp3) is 0.0882. The summed E-state index contributed by atoms with van der Waals surface area (Å²) in [6.07, 6.45) is -1.65. The number of nitrogens with zero attached hydrogens (tertiary/aromatic N) is 6. The van der Waals surface area contributed by atoms with Crippen LogP contribution in [0.15, 0.2) is 113 Å². The maximum Gasteiger partial charge on any atom is 0.573 e. The number of carbonyl (C=O) groups is 1. The Bertz CT molecular complexity index is 2130. The Labute approximate surface area is 270 Å². The van der Waals surface area contributed by atoms with Crippen LogP contribution in [0.2, 0.25) is 0 Å². The van der Waals surface area contributed by atoms with Crippen molar-refractivity contribution in [3.05, 3.63) is 130 Å². The number of carboxylic acid groups (broad SMARTS) is 1. The number of aryl methyl sites for hydroxylation is 2. The Morgan fingerprint density at radius 3 is 2.21 bits per heavy atom. The fourth-order valence-corrected chi connectivity index (χ4v) is 5.77. The third kappa shape index (κ3) is 7.05. The number of alkyl halides is 3. The molecule has 0 aliphatic rings. The zero-order valence-corrected chi connectivity index (χ0v) is 25.7. The van der Waals surface area contributed by atoms with Crippen molar-refractivity contribution in [2.45, 2.75) is 20.2 Å². The van der Waals surface area contributed by atoms with E-state index in [-0.39, 0.29) is 11.3 Å². The van der Waals surface area contributed by atoms with E-state index in [1.165, 1.54) is 46.6 Å². The number of hydrogen-bond donors (Lipinski definition) is 1. The van der Waals surface area contributed by atoms with Gasteiger partial charge in [0.25, 0.3) is 0 Å². The molecule has 2 heterocycles. The molecule has 0 spiro atoms. The van der Waals surface area contributed by atoms with Crippen LogP contribution in [-0.2, 0) is 0 Å².